The molecule has 2 aromatic carbocycles. The molecule has 1 heterocycles. The van der Waals surface area contributed by atoms with Crippen LogP contribution in [0.2, 0.25) is 0 Å². The van der Waals surface area contributed by atoms with Gasteiger partial charge in [-0.1, -0.05) is 12.1 Å². The van der Waals surface area contributed by atoms with Gasteiger partial charge >= 0.3 is 0 Å². The molecule has 0 saturated carbocycles. The standard InChI is InChI=1S/C21H27N3O3/c22-19-7-6-17(15-20(19)23)21(25)16-4-3-5-18(14-16)27-11-2-1-8-24-9-12-26-13-10-24/h3-7,14-15H,1-2,8-13,22-23H2. The molecule has 3 rings (SSSR count). The molecule has 0 atom stereocenters. The molecule has 0 amide bonds. The van der Waals surface area contributed by atoms with E-state index in [0.29, 0.717) is 34.9 Å². The van der Waals surface area contributed by atoms with Crippen LogP contribution in [0.4, 0.5) is 11.4 Å². The van der Waals surface area contributed by atoms with Gasteiger partial charge in [-0.3, -0.25) is 9.69 Å². The fourth-order valence-corrected chi connectivity index (χ4v) is 3.06. The third-order valence-electron chi connectivity index (χ3n) is 4.69. The zero-order chi connectivity index (χ0) is 19.1. The number of hydrogen-bond donors (Lipinski definition) is 2. The number of morpholine rings is 1. The van der Waals surface area contributed by atoms with Crippen molar-refractivity contribution < 1.29 is 14.3 Å². The molecule has 27 heavy (non-hydrogen) atoms. The Hall–Kier alpha value is -2.57. The lowest BCUT2D eigenvalue weighted by Crippen LogP contribution is -2.36. The third kappa shape index (κ3) is 5.45. The first kappa shape index (κ1) is 19.2. The molecule has 1 aliphatic rings. The molecule has 1 aliphatic heterocycles. The second kappa shape index (κ2) is 9.39. The van der Waals surface area contributed by atoms with Gasteiger partial charge in [-0.25, -0.2) is 0 Å². The number of carbonyl (C=O) groups is 1. The minimum absolute atomic E-state index is 0.0977. The van der Waals surface area contributed by atoms with Crippen molar-refractivity contribution in [2.75, 3.05) is 50.9 Å². The van der Waals surface area contributed by atoms with Gasteiger partial charge in [-0.2, -0.15) is 0 Å². The molecule has 4 N–H and O–H groups in total. The fourth-order valence-electron chi connectivity index (χ4n) is 3.06. The van der Waals surface area contributed by atoms with Gasteiger partial charge in [0, 0.05) is 24.2 Å². The second-order valence-corrected chi connectivity index (χ2v) is 6.71. The Kier molecular flexibility index (Phi) is 6.68. The molecule has 2 aromatic rings. The van der Waals surface area contributed by atoms with E-state index in [2.05, 4.69) is 4.90 Å². The van der Waals surface area contributed by atoms with Gasteiger partial charge in [0.25, 0.3) is 0 Å². The summed E-state index contributed by atoms with van der Waals surface area (Å²) in [6, 6.07) is 12.2. The highest BCUT2D eigenvalue weighted by atomic mass is 16.5. The number of unbranched alkanes of at least 4 members (excludes halogenated alkanes) is 1. The van der Waals surface area contributed by atoms with E-state index in [1.54, 1.807) is 30.3 Å². The van der Waals surface area contributed by atoms with Crippen LogP contribution in [0.1, 0.15) is 28.8 Å². The van der Waals surface area contributed by atoms with Crippen LogP contribution in [-0.2, 0) is 4.74 Å². The predicted octanol–water partition coefficient (Wildman–Crippen LogP) is 2.57. The number of benzene rings is 2. The lowest BCUT2D eigenvalue weighted by Gasteiger charge is -2.26. The maximum atomic E-state index is 12.6. The molecule has 0 bridgehead atoms. The summed E-state index contributed by atoms with van der Waals surface area (Å²) in [5, 5.41) is 0. The second-order valence-electron chi connectivity index (χ2n) is 6.71. The summed E-state index contributed by atoms with van der Waals surface area (Å²) in [6.45, 7) is 5.40. The molecular formula is C21H27N3O3. The van der Waals surface area contributed by atoms with Crippen molar-refractivity contribution >= 4 is 17.2 Å². The summed E-state index contributed by atoms with van der Waals surface area (Å²) in [4.78, 5) is 15.1. The van der Waals surface area contributed by atoms with Crippen molar-refractivity contribution in [1.82, 2.24) is 4.90 Å². The van der Waals surface area contributed by atoms with Gasteiger partial charge in [-0.05, 0) is 49.7 Å². The summed E-state index contributed by atoms with van der Waals surface area (Å²) in [5.74, 6) is 0.607. The van der Waals surface area contributed by atoms with E-state index in [1.165, 1.54) is 0 Å². The maximum Gasteiger partial charge on any atom is 0.193 e. The number of hydrogen-bond acceptors (Lipinski definition) is 6. The first-order valence-corrected chi connectivity index (χ1v) is 9.36. The monoisotopic (exact) mass is 369 g/mol. The zero-order valence-electron chi connectivity index (χ0n) is 15.5. The summed E-state index contributed by atoms with van der Waals surface area (Å²) in [6.07, 6.45) is 2.06. The van der Waals surface area contributed by atoms with E-state index in [0.717, 1.165) is 45.7 Å². The smallest absolute Gasteiger partial charge is 0.193 e. The Morgan fingerprint density at radius 3 is 2.56 bits per heavy atom. The molecule has 0 aromatic heterocycles. The van der Waals surface area contributed by atoms with Crippen molar-refractivity contribution in [2.24, 2.45) is 0 Å². The normalized spacial score (nSPS) is 14.8. The number of ether oxygens (including phenoxy) is 2. The molecule has 6 heteroatoms. The van der Waals surface area contributed by atoms with Crippen molar-refractivity contribution in [3.05, 3.63) is 53.6 Å². The van der Waals surface area contributed by atoms with Gasteiger partial charge in [0.2, 0.25) is 0 Å². The Labute approximate surface area is 160 Å². The van der Waals surface area contributed by atoms with Crippen LogP contribution in [0.3, 0.4) is 0 Å². The van der Waals surface area contributed by atoms with Gasteiger partial charge in [0.1, 0.15) is 5.75 Å². The van der Waals surface area contributed by atoms with Gasteiger partial charge in [-0.15, -0.1) is 0 Å². The molecular weight excluding hydrogens is 342 g/mol. The molecule has 0 aliphatic carbocycles. The van der Waals surface area contributed by atoms with Gasteiger partial charge < -0.3 is 20.9 Å². The van der Waals surface area contributed by atoms with E-state index in [9.17, 15) is 4.79 Å². The Balaban J connectivity index is 1.49. The average Bonchev–Trinajstić information content (AvgIpc) is 2.70. The lowest BCUT2D eigenvalue weighted by atomic mass is 10.0. The Morgan fingerprint density at radius 2 is 1.78 bits per heavy atom. The van der Waals surface area contributed by atoms with E-state index in [1.807, 2.05) is 12.1 Å². The zero-order valence-corrected chi connectivity index (χ0v) is 15.5. The number of anilines is 2. The van der Waals surface area contributed by atoms with Crippen molar-refractivity contribution in [3.63, 3.8) is 0 Å². The number of nitrogen functional groups attached to an aromatic ring is 2. The average molecular weight is 369 g/mol. The van der Waals surface area contributed by atoms with E-state index in [-0.39, 0.29) is 5.78 Å². The SMILES string of the molecule is Nc1ccc(C(=O)c2cccc(OCCCCN3CCOCC3)c2)cc1N. The number of carbonyl (C=O) groups excluding carboxylic acids is 1. The van der Waals surface area contributed by atoms with E-state index >= 15 is 0 Å². The number of nitrogens with two attached hydrogens (primary N) is 2. The van der Waals surface area contributed by atoms with Gasteiger partial charge in [0.15, 0.2) is 5.78 Å². The topological polar surface area (TPSA) is 90.8 Å². The minimum Gasteiger partial charge on any atom is -0.494 e. The van der Waals surface area contributed by atoms with Crippen LogP contribution < -0.4 is 16.2 Å². The minimum atomic E-state index is -0.0977. The molecule has 6 nitrogen and oxygen atoms in total. The third-order valence-corrected chi connectivity index (χ3v) is 4.69. The lowest BCUT2D eigenvalue weighted by molar-refractivity contribution is 0.0368. The summed E-state index contributed by atoms with van der Waals surface area (Å²) < 4.78 is 11.2. The molecule has 0 unspecified atom stereocenters. The molecule has 0 radical (unpaired) electrons. The number of rotatable bonds is 8. The molecule has 1 fully saturated rings. The van der Waals surface area contributed by atoms with Crippen LogP contribution in [0.15, 0.2) is 42.5 Å². The summed E-state index contributed by atoms with van der Waals surface area (Å²) in [7, 11) is 0. The molecule has 144 valence electrons. The first-order chi connectivity index (χ1) is 13.1. The van der Waals surface area contributed by atoms with Crippen LogP contribution in [0.5, 0.6) is 5.75 Å². The highest BCUT2D eigenvalue weighted by molar-refractivity contribution is 6.10. The summed E-state index contributed by atoms with van der Waals surface area (Å²) >= 11 is 0. The van der Waals surface area contributed by atoms with Crippen LogP contribution in [-0.4, -0.2) is 50.1 Å². The Bertz CT molecular complexity index is 773. The highest BCUT2D eigenvalue weighted by Gasteiger charge is 2.12. The maximum absolute atomic E-state index is 12.6. The molecule has 1 saturated heterocycles. The van der Waals surface area contributed by atoms with E-state index in [4.69, 9.17) is 20.9 Å². The quantitative estimate of drug-likeness (QED) is 0.422. The number of ketones is 1. The van der Waals surface area contributed by atoms with Crippen LogP contribution in [0, 0.1) is 0 Å². The predicted molar refractivity (Wildman–Crippen MR) is 107 cm³/mol. The van der Waals surface area contributed by atoms with Crippen molar-refractivity contribution in [3.8, 4) is 5.75 Å². The van der Waals surface area contributed by atoms with Gasteiger partial charge in [0.05, 0.1) is 31.2 Å². The number of nitrogens with zero attached hydrogens (tertiary/aromatic N) is 1. The summed E-state index contributed by atoms with van der Waals surface area (Å²) in [5.41, 5.74) is 13.5. The molecule has 0 spiro atoms. The van der Waals surface area contributed by atoms with Crippen LogP contribution in [0.25, 0.3) is 0 Å². The Morgan fingerprint density at radius 1 is 1.00 bits per heavy atom. The first-order valence-electron chi connectivity index (χ1n) is 9.36. The fraction of sp³-hybridized carbons (Fsp3) is 0.381. The van der Waals surface area contributed by atoms with Crippen LogP contribution >= 0.6 is 0 Å². The van der Waals surface area contributed by atoms with Crippen molar-refractivity contribution in [1.29, 1.82) is 0 Å². The largest absolute Gasteiger partial charge is 0.494 e. The van der Waals surface area contributed by atoms with E-state index < -0.39 is 0 Å². The van der Waals surface area contributed by atoms with Crippen molar-refractivity contribution in [2.45, 2.75) is 12.8 Å². The highest BCUT2D eigenvalue weighted by Crippen LogP contribution is 2.21.